The lowest BCUT2D eigenvalue weighted by atomic mass is 10.1. The average molecular weight is 287 g/mol. The highest BCUT2D eigenvalue weighted by atomic mass is 16.2. The standard InChI is InChI=1S/C14H17N5O2/c1-2-18-9-10(7-13(18)20)14(21)15-8-12-17-16-11-5-3-4-6-19(11)12/h3-6,10H,2,7-9H2,1H3,(H,15,21). The highest BCUT2D eigenvalue weighted by molar-refractivity contribution is 5.89. The number of rotatable bonds is 4. The Morgan fingerprint density at radius 1 is 1.43 bits per heavy atom. The Kier molecular flexibility index (Phi) is 3.55. The molecule has 2 aromatic heterocycles. The maximum atomic E-state index is 12.1. The normalized spacial score (nSPS) is 18.4. The first-order valence-electron chi connectivity index (χ1n) is 7.03. The van der Waals surface area contributed by atoms with E-state index in [2.05, 4.69) is 15.5 Å². The van der Waals surface area contributed by atoms with Crippen LogP contribution < -0.4 is 5.32 Å². The molecular formula is C14H17N5O2. The molecule has 2 aromatic rings. The van der Waals surface area contributed by atoms with Crippen molar-refractivity contribution in [1.82, 2.24) is 24.8 Å². The first kappa shape index (κ1) is 13.5. The van der Waals surface area contributed by atoms with Crippen molar-refractivity contribution in [3.8, 4) is 0 Å². The zero-order chi connectivity index (χ0) is 14.8. The van der Waals surface area contributed by atoms with Gasteiger partial charge in [-0.15, -0.1) is 10.2 Å². The molecule has 3 heterocycles. The Morgan fingerprint density at radius 3 is 3.05 bits per heavy atom. The molecule has 1 fully saturated rings. The minimum atomic E-state index is -0.267. The van der Waals surface area contributed by atoms with E-state index in [0.29, 0.717) is 31.9 Å². The molecule has 7 heteroatoms. The molecule has 1 saturated heterocycles. The van der Waals surface area contributed by atoms with Gasteiger partial charge >= 0.3 is 0 Å². The third-order valence-electron chi connectivity index (χ3n) is 3.77. The fourth-order valence-electron chi connectivity index (χ4n) is 2.58. The third-order valence-corrected chi connectivity index (χ3v) is 3.77. The Labute approximate surface area is 122 Å². The zero-order valence-corrected chi connectivity index (χ0v) is 11.8. The van der Waals surface area contributed by atoms with Gasteiger partial charge in [0.05, 0.1) is 12.5 Å². The molecule has 0 bridgehead atoms. The van der Waals surface area contributed by atoms with E-state index in [9.17, 15) is 9.59 Å². The Hall–Kier alpha value is -2.44. The number of nitrogens with zero attached hydrogens (tertiary/aromatic N) is 4. The average Bonchev–Trinajstić information content (AvgIpc) is 3.08. The molecule has 0 aromatic carbocycles. The molecule has 0 spiro atoms. The number of likely N-dealkylation sites (tertiary alicyclic amines) is 1. The van der Waals surface area contributed by atoms with Crippen LogP contribution in [0.1, 0.15) is 19.2 Å². The van der Waals surface area contributed by atoms with E-state index >= 15 is 0 Å². The summed E-state index contributed by atoms with van der Waals surface area (Å²) in [5, 5.41) is 10.9. The fourth-order valence-corrected chi connectivity index (χ4v) is 2.58. The molecule has 3 rings (SSSR count). The number of fused-ring (bicyclic) bond motifs is 1. The molecule has 1 aliphatic rings. The third kappa shape index (κ3) is 2.58. The van der Waals surface area contributed by atoms with Crippen molar-refractivity contribution in [1.29, 1.82) is 0 Å². The van der Waals surface area contributed by atoms with E-state index in [-0.39, 0.29) is 17.7 Å². The van der Waals surface area contributed by atoms with Crippen molar-refractivity contribution >= 4 is 17.5 Å². The summed E-state index contributed by atoms with van der Waals surface area (Å²) in [5.74, 6) is 0.352. The van der Waals surface area contributed by atoms with Gasteiger partial charge in [0.1, 0.15) is 0 Å². The number of carbonyl (C=O) groups excluding carboxylic acids is 2. The van der Waals surface area contributed by atoms with Crippen LogP contribution in [0.2, 0.25) is 0 Å². The molecule has 0 aliphatic carbocycles. The van der Waals surface area contributed by atoms with Crippen LogP contribution in [0.25, 0.3) is 5.65 Å². The first-order valence-corrected chi connectivity index (χ1v) is 7.03. The zero-order valence-electron chi connectivity index (χ0n) is 11.8. The van der Waals surface area contributed by atoms with Crippen LogP contribution in [0.3, 0.4) is 0 Å². The molecular weight excluding hydrogens is 270 g/mol. The van der Waals surface area contributed by atoms with E-state index in [1.807, 2.05) is 35.7 Å². The molecule has 0 radical (unpaired) electrons. The molecule has 2 amide bonds. The summed E-state index contributed by atoms with van der Waals surface area (Å²) >= 11 is 0. The van der Waals surface area contributed by atoms with E-state index in [4.69, 9.17) is 0 Å². The molecule has 1 N–H and O–H groups in total. The quantitative estimate of drug-likeness (QED) is 0.872. The lowest BCUT2D eigenvalue weighted by Crippen LogP contribution is -2.33. The van der Waals surface area contributed by atoms with Gasteiger partial charge in [-0.1, -0.05) is 6.07 Å². The van der Waals surface area contributed by atoms with E-state index in [0.717, 1.165) is 5.65 Å². The predicted molar refractivity (Wildman–Crippen MR) is 75.2 cm³/mol. The number of amides is 2. The monoisotopic (exact) mass is 287 g/mol. The van der Waals surface area contributed by atoms with Crippen molar-refractivity contribution in [2.24, 2.45) is 5.92 Å². The number of carbonyl (C=O) groups is 2. The van der Waals surface area contributed by atoms with Crippen molar-refractivity contribution in [2.75, 3.05) is 13.1 Å². The van der Waals surface area contributed by atoms with Gasteiger partial charge in [-0.3, -0.25) is 14.0 Å². The fraction of sp³-hybridized carbons (Fsp3) is 0.429. The van der Waals surface area contributed by atoms with Gasteiger partial charge < -0.3 is 10.2 Å². The van der Waals surface area contributed by atoms with Gasteiger partial charge in [0.25, 0.3) is 0 Å². The number of pyridine rings is 1. The summed E-state index contributed by atoms with van der Waals surface area (Å²) in [7, 11) is 0. The number of nitrogens with one attached hydrogen (secondary N) is 1. The Balaban J connectivity index is 1.63. The van der Waals surface area contributed by atoms with Gasteiger partial charge in [0.2, 0.25) is 11.8 Å². The summed E-state index contributed by atoms with van der Waals surface area (Å²) < 4.78 is 1.83. The maximum absolute atomic E-state index is 12.1. The summed E-state index contributed by atoms with van der Waals surface area (Å²) in [6, 6.07) is 5.62. The van der Waals surface area contributed by atoms with E-state index < -0.39 is 0 Å². The van der Waals surface area contributed by atoms with Crippen LogP contribution in [0.15, 0.2) is 24.4 Å². The molecule has 7 nitrogen and oxygen atoms in total. The van der Waals surface area contributed by atoms with Gasteiger partial charge in [-0.25, -0.2) is 0 Å². The highest BCUT2D eigenvalue weighted by Crippen LogP contribution is 2.17. The van der Waals surface area contributed by atoms with Crippen LogP contribution in [-0.4, -0.2) is 44.4 Å². The predicted octanol–water partition coefficient (Wildman–Crippen LogP) is 0.214. The van der Waals surface area contributed by atoms with Crippen molar-refractivity contribution in [3.05, 3.63) is 30.2 Å². The maximum Gasteiger partial charge on any atom is 0.225 e. The van der Waals surface area contributed by atoms with Crippen LogP contribution in [0, 0.1) is 5.92 Å². The summed E-state index contributed by atoms with van der Waals surface area (Å²) in [6.07, 6.45) is 2.15. The summed E-state index contributed by atoms with van der Waals surface area (Å²) in [6.45, 7) is 3.38. The second kappa shape index (κ2) is 5.51. The van der Waals surface area contributed by atoms with Crippen molar-refractivity contribution < 1.29 is 9.59 Å². The number of hydrogen-bond acceptors (Lipinski definition) is 4. The molecule has 1 aliphatic heterocycles. The van der Waals surface area contributed by atoms with Gasteiger partial charge in [-0.05, 0) is 19.1 Å². The Bertz CT molecular complexity index is 681. The second-order valence-corrected chi connectivity index (χ2v) is 5.10. The lowest BCUT2D eigenvalue weighted by molar-refractivity contribution is -0.128. The summed E-state index contributed by atoms with van der Waals surface area (Å²) in [4.78, 5) is 25.5. The van der Waals surface area contributed by atoms with E-state index in [1.54, 1.807) is 4.90 Å². The number of hydrogen-bond donors (Lipinski definition) is 1. The van der Waals surface area contributed by atoms with Crippen LogP contribution >= 0.6 is 0 Å². The van der Waals surface area contributed by atoms with Gasteiger partial charge in [0.15, 0.2) is 11.5 Å². The van der Waals surface area contributed by atoms with Crippen molar-refractivity contribution in [2.45, 2.75) is 19.9 Å². The SMILES string of the molecule is CCN1CC(C(=O)NCc2nnc3ccccn23)CC1=O. The topological polar surface area (TPSA) is 79.6 Å². The minimum Gasteiger partial charge on any atom is -0.348 e. The molecule has 1 unspecified atom stereocenters. The molecule has 21 heavy (non-hydrogen) atoms. The highest BCUT2D eigenvalue weighted by Gasteiger charge is 2.33. The summed E-state index contributed by atoms with van der Waals surface area (Å²) in [5.41, 5.74) is 0.745. The van der Waals surface area contributed by atoms with Gasteiger partial charge in [-0.2, -0.15) is 0 Å². The molecule has 0 saturated carbocycles. The largest absolute Gasteiger partial charge is 0.348 e. The Morgan fingerprint density at radius 2 is 2.29 bits per heavy atom. The smallest absolute Gasteiger partial charge is 0.225 e. The molecule has 110 valence electrons. The number of aromatic nitrogens is 3. The van der Waals surface area contributed by atoms with E-state index in [1.165, 1.54) is 0 Å². The lowest BCUT2D eigenvalue weighted by Gasteiger charge is -2.13. The van der Waals surface area contributed by atoms with Crippen LogP contribution in [0.5, 0.6) is 0 Å². The van der Waals surface area contributed by atoms with Crippen molar-refractivity contribution in [3.63, 3.8) is 0 Å². The second-order valence-electron chi connectivity index (χ2n) is 5.10. The first-order chi connectivity index (χ1) is 10.2. The van der Waals surface area contributed by atoms with Gasteiger partial charge in [0, 0.05) is 25.7 Å². The van der Waals surface area contributed by atoms with Crippen LogP contribution in [-0.2, 0) is 16.1 Å². The minimum absolute atomic E-state index is 0.0468. The van der Waals surface area contributed by atoms with Crippen LogP contribution in [0.4, 0.5) is 0 Å². The molecule has 1 atom stereocenters.